The summed E-state index contributed by atoms with van der Waals surface area (Å²) in [6.07, 6.45) is -0.491. The van der Waals surface area contributed by atoms with Gasteiger partial charge in [-0.3, -0.25) is 9.59 Å². The number of likely N-dealkylation sites (N-methyl/N-ethyl adjacent to an activating group) is 2. The number of nitrogens with zero attached hydrogens (tertiary/aromatic N) is 2. The van der Waals surface area contributed by atoms with Crippen molar-refractivity contribution in [2.45, 2.75) is 33.8 Å². The van der Waals surface area contributed by atoms with Crippen molar-refractivity contribution in [3.05, 3.63) is 0 Å². The Kier molecular flexibility index (Phi) is 7.54. The van der Waals surface area contributed by atoms with Crippen molar-refractivity contribution < 1.29 is 14.3 Å². The molecule has 0 aliphatic rings. The largest absolute Gasteiger partial charge is 0.369 e. The van der Waals surface area contributed by atoms with Gasteiger partial charge in [-0.1, -0.05) is 0 Å². The van der Waals surface area contributed by atoms with Gasteiger partial charge in [-0.15, -0.1) is 0 Å². The first kappa shape index (κ1) is 15.9. The SMILES string of the molecule is CCOC(C)C(=O)N(C)CC(=O)N(CC)CC. The molecule has 0 aromatic rings. The molecule has 0 spiro atoms. The predicted octanol–water partition coefficient (Wildman–Crippen LogP) is 0.738. The third-order valence-corrected chi connectivity index (χ3v) is 2.63. The molecule has 0 aliphatic carbocycles. The van der Waals surface area contributed by atoms with Gasteiger partial charge in [0.25, 0.3) is 5.91 Å². The summed E-state index contributed by atoms with van der Waals surface area (Å²) in [6, 6.07) is 0. The highest BCUT2D eigenvalue weighted by Gasteiger charge is 2.21. The molecule has 1 unspecified atom stereocenters. The summed E-state index contributed by atoms with van der Waals surface area (Å²) in [7, 11) is 1.62. The number of carbonyl (C=O) groups excluding carboxylic acids is 2. The van der Waals surface area contributed by atoms with Crippen LogP contribution in [-0.4, -0.2) is 61.0 Å². The zero-order valence-corrected chi connectivity index (χ0v) is 11.5. The summed E-state index contributed by atoms with van der Waals surface area (Å²) in [5, 5.41) is 0. The molecule has 0 fully saturated rings. The Balaban J connectivity index is 4.28. The van der Waals surface area contributed by atoms with E-state index in [0.717, 1.165) is 0 Å². The van der Waals surface area contributed by atoms with E-state index in [-0.39, 0.29) is 18.4 Å². The smallest absolute Gasteiger partial charge is 0.251 e. The van der Waals surface area contributed by atoms with Gasteiger partial charge in [0.15, 0.2) is 0 Å². The van der Waals surface area contributed by atoms with Crippen LogP contribution >= 0.6 is 0 Å². The van der Waals surface area contributed by atoms with Gasteiger partial charge in [-0.05, 0) is 27.7 Å². The molecule has 100 valence electrons. The monoisotopic (exact) mass is 244 g/mol. The van der Waals surface area contributed by atoms with Crippen molar-refractivity contribution in [2.75, 3.05) is 33.3 Å². The summed E-state index contributed by atoms with van der Waals surface area (Å²) >= 11 is 0. The van der Waals surface area contributed by atoms with E-state index < -0.39 is 6.10 Å². The summed E-state index contributed by atoms with van der Waals surface area (Å²) in [5.41, 5.74) is 0. The summed E-state index contributed by atoms with van der Waals surface area (Å²) in [5.74, 6) is -0.193. The van der Waals surface area contributed by atoms with Crippen molar-refractivity contribution in [3.8, 4) is 0 Å². The van der Waals surface area contributed by atoms with E-state index >= 15 is 0 Å². The van der Waals surface area contributed by atoms with Gasteiger partial charge in [-0.25, -0.2) is 0 Å². The third kappa shape index (κ3) is 5.17. The van der Waals surface area contributed by atoms with Crippen molar-refractivity contribution in [3.63, 3.8) is 0 Å². The molecule has 0 saturated carbocycles. The van der Waals surface area contributed by atoms with Crippen LogP contribution in [-0.2, 0) is 14.3 Å². The molecule has 0 rings (SSSR count). The fourth-order valence-corrected chi connectivity index (χ4v) is 1.59. The van der Waals surface area contributed by atoms with Crippen LogP contribution in [0.15, 0.2) is 0 Å². The van der Waals surface area contributed by atoms with E-state index in [2.05, 4.69) is 0 Å². The third-order valence-electron chi connectivity index (χ3n) is 2.63. The normalized spacial score (nSPS) is 12.1. The molecule has 0 aliphatic heterocycles. The fourth-order valence-electron chi connectivity index (χ4n) is 1.59. The number of rotatable bonds is 7. The van der Waals surface area contributed by atoms with E-state index in [1.165, 1.54) is 4.90 Å². The topological polar surface area (TPSA) is 49.9 Å². The molecule has 0 heterocycles. The first-order chi connectivity index (χ1) is 7.97. The van der Waals surface area contributed by atoms with E-state index in [4.69, 9.17) is 4.74 Å². The second-order valence-electron chi connectivity index (χ2n) is 3.86. The zero-order valence-electron chi connectivity index (χ0n) is 11.5. The number of amides is 2. The Morgan fingerprint density at radius 1 is 1.18 bits per heavy atom. The van der Waals surface area contributed by atoms with Crippen molar-refractivity contribution in [1.29, 1.82) is 0 Å². The fraction of sp³-hybridized carbons (Fsp3) is 0.833. The molecule has 0 aromatic heterocycles. The molecule has 1 atom stereocenters. The second kappa shape index (κ2) is 8.06. The molecule has 17 heavy (non-hydrogen) atoms. The van der Waals surface area contributed by atoms with Crippen LogP contribution in [0.25, 0.3) is 0 Å². The standard InChI is InChI=1S/C12H24N2O3/c1-6-14(7-2)11(15)9-13(5)12(16)10(4)17-8-3/h10H,6-9H2,1-5H3. The van der Waals surface area contributed by atoms with Crippen LogP contribution in [0.3, 0.4) is 0 Å². The average Bonchev–Trinajstić information content (AvgIpc) is 2.29. The van der Waals surface area contributed by atoms with Crippen LogP contribution in [0.5, 0.6) is 0 Å². The van der Waals surface area contributed by atoms with E-state index in [9.17, 15) is 9.59 Å². The van der Waals surface area contributed by atoms with Crippen LogP contribution < -0.4 is 0 Å². The average molecular weight is 244 g/mol. The molecule has 0 radical (unpaired) electrons. The van der Waals surface area contributed by atoms with E-state index in [1.54, 1.807) is 18.9 Å². The maximum Gasteiger partial charge on any atom is 0.251 e. The van der Waals surface area contributed by atoms with Gasteiger partial charge < -0.3 is 14.5 Å². The molecule has 0 aromatic carbocycles. The van der Waals surface area contributed by atoms with Gasteiger partial charge in [0.2, 0.25) is 5.91 Å². The Hall–Kier alpha value is -1.10. The van der Waals surface area contributed by atoms with E-state index in [0.29, 0.717) is 19.7 Å². The van der Waals surface area contributed by atoms with Crippen molar-refractivity contribution in [1.82, 2.24) is 9.80 Å². The highest BCUT2D eigenvalue weighted by molar-refractivity contribution is 5.86. The van der Waals surface area contributed by atoms with Gasteiger partial charge in [0.1, 0.15) is 6.10 Å². The Morgan fingerprint density at radius 3 is 2.12 bits per heavy atom. The first-order valence-corrected chi connectivity index (χ1v) is 6.12. The minimum absolute atomic E-state index is 0.0328. The Morgan fingerprint density at radius 2 is 1.71 bits per heavy atom. The van der Waals surface area contributed by atoms with Crippen LogP contribution in [0, 0.1) is 0 Å². The van der Waals surface area contributed by atoms with Gasteiger partial charge in [0.05, 0.1) is 6.54 Å². The number of hydrogen-bond donors (Lipinski definition) is 0. The zero-order chi connectivity index (χ0) is 13.4. The molecule has 0 saturated heterocycles. The van der Waals surface area contributed by atoms with Crippen molar-refractivity contribution in [2.24, 2.45) is 0 Å². The lowest BCUT2D eigenvalue weighted by atomic mass is 10.3. The predicted molar refractivity (Wildman–Crippen MR) is 66.7 cm³/mol. The van der Waals surface area contributed by atoms with E-state index in [1.807, 2.05) is 20.8 Å². The summed E-state index contributed by atoms with van der Waals surface area (Å²) in [6.45, 7) is 9.31. The summed E-state index contributed by atoms with van der Waals surface area (Å²) in [4.78, 5) is 26.7. The minimum Gasteiger partial charge on any atom is -0.369 e. The molecule has 0 bridgehead atoms. The van der Waals surface area contributed by atoms with Crippen molar-refractivity contribution >= 4 is 11.8 Å². The highest BCUT2D eigenvalue weighted by atomic mass is 16.5. The number of carbonyl (C=O) groups is 2. The molecule has 5 nitrogen and oxygen atoms in total. The second-order valence-corrected chi connectivity index (χ2v) is 3.86. The maximum atomic E-state index is 11.8. The summed E-state index contributed by atoms with van der Waals surface area (Å²) < 4.78 is 5.20. The van der Waals surface area contributed by atoms with Crippen LogP contribution in [0.4, 0.5) is 0 Å². The maximum absolute atomic E-state index is 11.8. The molecule has 0 N–H and O–H groups in total. The quantitative estimate of drug-likeness (QED) is 0.663. The lowest BCUT2D eigenvalue weighted by Gasteiger charge is -2.25. The lowest BCUT2D eigenvalue weighted by Crippen LogP contribution is -2.44. The lowest BCUT2D eigenvalue weighted by molar-refractivity contribution is -0.146. The number of ether oxygens (including phenoxy) is 1. The molecular formula is C12H24N2O3. The van der Waals surface area contributed by atoms with Gasteiger partial charge in [0, 0.05) is 26.7 Å². The van der Waals surface area contributed by atoms with Gasteiger partial charge >= 0.3 is 0 Å². The molecular weight excluding hydrogens is 220 g/mol. The highest BCUT2D eigenvalue weighted by Crippen LogP contribution is 1.99. The van der Waals surface area contributed by atoms with Crippen LogP contribution in [0.2, 0.25) is 0 Å². The first-order valence-electron chi connectivity index (χ1n) is 6.12. The Bertz CT molecular complexity index is 252. The molecule has 2 amide bonds. The Labute approximate surface area is 104 Å². The van der Waals surface area contributed by atoms with Crippen LogP contribution in [0.1, 0.15) is 27.7 Å². The minimum atomic E-state index is -0.491. The molecule has 5 heteroatoms. The van der Waals surface area contributed by atoms with Gasteiger partial charge in [-0.2, -0.15) is 0 Å². The number of hydrogen-bond acceptors (Lipinski definition) is 3.